The van der Waals surface area contributed by atoms with Crippen molar-refractivity contribution < 1.29 is 14.4 Å². The number of hydrogen-bond donors (Lipinski definition) is 1. The van der Waals surface area contributed by atoms with E-state index in [1.165, 1.54) is 4.68 Å². The van der Waals surface area contributed by atoms with Gasteiger partial charge in [0, 0.05) is 20.1 Å². The molecule has 1 saturated heterocycles. The van der Waals surface area contributed by atoms with E-state index in [0.29, 0.717) is 25.3 Å². The second-order valence-electron chi connectivity index (χ2n) is 4.74. The number of aromatic nitrogens is 2. The fraction of sp³-hybridized carbons (Fsp3) is 0.750. The topological polar surface area (TPSA) is 91.5 Å². The molecule has 20 heavy (non-hydrogen) atoms. The van der Waals surface area contributed by atoms with Crippen LogP contribution in [0.25, 0.3) is 0 Å². The van der Waals surface area contributed by atoms with Gasteiger partial charge in [0.1, 0.15) is 18.4 Å². The fourth-order valence-electron chi connectivity index (χ4n) is 2.20. The standard InChI is InChI=1S/C12H20N4O4/c1-3-4-10-11(16(17)18)12(15(2)14-10)20-8-9-7-13-5-6-19-9/h9,13H,3-8H2,1-2H3. The maximum Gasteiger partial charge on any atom is 0.353 e. The van der Waals surface area contributed by atoms with Crippen molar-refractivity contribution in [3.63, 3.8) is 0 Å². The molecule has 1 fully saturated rings. The number of ether oxygens (including phenoxy) is 2. The van der Waals surface area contributed by atoms with E-state index in [9.17, 15) is 10.1 Å². The number of morpholine rings is 1. The average molecular weight is 284 g/mol. The Labute approximate surface area is 117 Å². The number of aryl methyl sites for hydroxylation is 2. The monoisotopic (exact) mass is 284 g/mol. The van der Waals surface area contributed by atoms with Crippen LogP contribution in [0.1, 0.15) is 19.0 Å². The summed E-state index contributed by atoms with van der Waals surface area (Å²) in [7, 11) is 1.65. The first-order chi connectivity index (χ1) is 9.63. The number of nitro groups is 1. The molecule has 8 nitrogen and oxygen atoms in total. The number of nitrogens with one attached hydrogen (secondary N) is 1. The molecule has 0 aliphatic carbocycles. The lowest BCUT2D eigenvalue weighted by molar-refractivity contribution is -0.386. The van der Waals surface area contributed by atoms with Crippen LogP contribution < -0.4 is 10.1 Å². The van der Waals surface area contributed by atoms with Crippen LogP contribution in [-0.2, 0) is 18.2 Å². The number of nitrogens with zero attached hydrogens (tertiary/aromatic N) is 3. The third kappa shape index (κ3) is 3.26. The predicted octanol–water partition coefficient (Wildman–Crippen LogP) is 0.648. The van der Waals surface area contributed by atoms with Crippen LogP contribution in [0.3, 0.4) is 0 Å². The van der Waals surface area contributed by atoms with Gasteiger partial charge in [-0.1, -0.05) is 13.3 Å². The molecule has 1 aliphatic rings. The first-order valence-electron chi connectivity index (χ1n) is 6.78. The van der Waals surface area contributed by atoms with Crippen molar-refractivity contribution in [2.75, 3.05) is 26.3 Å². The Morgan fingerprint density at radius 1 is 1.65 bits per heavy atom. The number of hydrogen-bond acceptors (Lipinski definition) is 6. The second kappa shape index (κ2) is 6.67. The zero-order valence-corrected chi connectivity index (χ0v) is 11.8. The van der Waals surface area contributed by atoms with Gasteiger partial charge in [-0.3, -0.25) is 10.1 Å². The van der Waals surface area contributed by atoms with Gasteiger partial charge in [0.15, 0.2) is 0 Å². The minimum atomic E-state index is -0.423. The first kappa shape index (κ1) is 14.7. The first-order valence-corrected chi connectivity index (χ1v) is 6.78. The van der Waals surface area contributed by atoms with Crippen molar-refractivity contribution in [3.8, 4) is 5.88 Å². The zero-order valence-electron chi connectivity index (χ0n) is 11.8. The Bertz CT molecular complexity index is 468. The van der Waals surface area contributed by atoms with Gasteiger partial charge >= 0.3 is 5.69 Å². The fourth-order valence-corrected chi connectivity index (χ4v) is 2.20. The Morgan fingerprint density at radius 2 is 2.45 bits per heavy atom. The van der Waals surface area contributed by atoms with Crippen LogP contribution in [0.5, 0.6) is 5.88 Å². The van der Waals surface area contributed by atoms with Gasteiger partial charge in [-0.15, -0.1) is 0 Å². The summed E-state index contributed by atoms with van der Waals surface area (Å²) in [5.74, 6) is 0.202. The van der Waals surface area contributed by atoms with Crippen molar-refractivity contribution in [2.24, 2.45) is 7.05 Å². The molecular weight excluding hydrogens is 264 g/mol. The SMILES string of the molecule is CCCc1nn(C)c(OCC2CNCCO2)c1[N+](=O)[O-]. The molecule has 1 atom stereocenters. The lowest BCUT2D eigenvalue weighted by Crippen LogP contribution is -2.41. The molecule has 0 spiro atoms. The smallest absolute Gasteiger partial charge is 0.353 e. The zero-order chi connectivity index (χ0) is 14.5. The quantitative estimate of drug-likeness (QED) is 0.609. The van der Waals surface area contributed by atoms with Crippen LogP contribution in [-0.4, -0.2) is 47.1 Å². The van der Waals surface area contributed by atoms with E-state index in [-0.39, 0.29) is 24.3 Å². The summed E-state index contributed by atoms with van der Waals surface area (Å²) in [6.07, 6.45) is 1.27. The van der Waals surface area contributed by atoms with Gasteiger partial charge in [-0.05, 0) is 6.42 Å². The minimum absolute atomic E-state index is 0.0295. The summed E-state index contributed by atoms with van der Waals surface area (Å²) in [5.41, 5.74) is 0.441. The van der Waals surface area contributed by atoms with Crippen molar-refractivity contribution in [1.29, 1.82) is 0 Å². The highest BCUT2D eigenvalue weighted by molar-refractivity contribution is 5.46. The largest absolute Gasteiger partial charge is 0.470 e. The number of rotatable bonds is 6. The molecule has 112 valence electrons. The summed E-state index contributed by atoms with van der Waals surface area (Å²) in [4.78, 5) is 10.8. The van der Waals surface area contributed by atoms with E-state index in [1.807, 2.05) is 6.92 Å². The maximum absolute atomic E-state index is 11.2. The predicted molar refractivity (Wildman–Crippen MR) is 72.0 cm³/mol. The Kier molecular flexibility index (Phi) is 4.91. The van der Waals surface area contributed by atoms with E-state index < -0.39 is 4.92 Å². The van der Waals surface area contributed by atoms with Crippen LogP contribution in [0.2, 0.25) is 0 Å². The normalized spacial score (nSPS) is 19.0. The van der Waals surface area contributed by atoms with Crippen molar-refractivity contribution >= 4 is 5.69 Å². The molecule has 1 aromatic rings. The molecule has 0 saturated carbocycles. The third-order valence-electron chi connectivity index (χ3n) is 3.12. The summed E-state index contributed by atoms with van der Waals surface area (Å²) in [6.45, 7) is 4.37. The molecule has 1 N–H and O–H groups in total. The molecule has 0 bridgehead atoms. The van der Waals surface area contributed by atoms with Gasteiger partial charge in [0.25, 0.3) is 5.88 Å². The van der Waals surface area contributed by atoms with Crippen LogP contribution >= 0.6 is 0 Å². The van der Waals surface area contributed by atoms with Gasteiger partial charge < -0.3 is 14.8 Å². The average Bonchev–Trinajstić information content (AvgIpc) is 2.74. The molecule has 2 rings (SSSR count). The Morgan fingerprint density at radius 3 is 3.05 bits per heavy atom. The molecule has 2 heterocycles. The van der Waals surface area contributed by atoms with Crippen molar-refractivity contribution in [3.05, 3.63) is 15.8 Å². The summed E-state index contributed by atoms with van der Waals surface area (Å²) in [6, 6.07) is 0. The van der Waals surface area contributed by atoms with Gasteiger partial charge in [0.05, 0.1) is 11.5 Å². The van der Waals surface area contributed by atoms with E-state index in [4.69, 9.17) is 9.47 Å². The Balaban J connectivity index is 2.11. The van der Waals surface area contributed by atoms with E-state index >= 15 is 0 Å². The van der Waals surface area contributed by atoms with Crippen LogP contribution in [0, 0.1) is 10.1 Å². The Hall–Kier alpha value is -1.67. The van der Waals surface area contributed by atoms with Crippen LogP contribution in [0.4, 0.5) is 5.69 Å². The lowest BCUT2D eigenvalue weighted by atomic mass is 10.2. The highest BCUT2D eigenvalue weighted by Crippen LogP contribution is 2.31. The molecular formula is C12H20N4O4. The molecule has 1 unspecified atom stereocenters. The van der Waals surface area contributed by atoms with Gasteiger partial charge in [-0.2, -0.15) is 5.10 Å². The second-order valence-corrected chi connectivity index (χ2v) is 4.74. The summed E-state index contributed by atoms with van der Waals surface area (Å²) >= 11 is 0. The molecule has 8 heteroatoms. The maximum atomic E-state index is 11.2. The molecule has 0 radical (unpaired) electrons. The molecule has 1 aromatic heterocycles. The van der Waals surface area contributed by atoms with E-state index in [0.717, 1.165) is 13.0 Å². The molecule has 1 aliphatic heterocycles. The van der Waals surface area contributed by atoms with E-state index in [1.54, 1.807) is 7.05 Å². The highest BCUT2D eigenvalue weighted by atomic mass is 16.6. The van der Waals surface area contributed by atoms with Crippen molar-refractivity contribution in [1.82, 2.24) is 15.1 Å². The minimum Gasteiger partial charge on any atom is -0.470 e. The van der Waals surface area contributed by atoms with E-state index in [2.05, 4.69) is 10.4 Å². The van der Waals surface area contributed by atoms with Gasteiger partial charge in [-0.25, -0.2) is 4.68 Å². The highest BCUT2D eigenvalue weighted by Gasteiger charge is 2.28. The molecule has 0 aromatic carbocycles. The van der Waals surface area contributed by atoms with Gasteiger partial charge in [0.2, 0.25) is 0 Å². The lowest BCUT2D eigenvalue weighted by Gasteiger charge is -2.23. The summed E-state index contributed by atoms with van der Waals surface area (Å²) < 4.78 is 12.5. The summed E-state index contributed by atoms with van der Waals surface area (Å²) in [5, 5.41) is 18.6. The third-order valence-corrected chi connectivity index (χ3v) is 3.12. The molecule has 0 amide bonds. The van der Waals surface area contributed by atoms with Crippen molar-refractivity contribution in [2.45, 2.75) is 25.9 Å². The van der Waals surface area contributed by atoms with Crippen LogP contribution in [0.15, 0.2) is 0 Å².